The summed E-state index contributed by atoms with van der Waals surface area (Å²) in [5.41, 5.74) is 4.08. The van der Waals surface area contributed by atoms with Crippen LogP contribution in [-0.4, -0.2) is 34.0 Å². The molecular weight excluding hydrogens is 579 g/mol. The Morgan fingerprint density at radius 1 is 1.18 bits per heavy atom. The maximum absolute atomic E-state index is 15.0. The molecule has 1 aromatic heterocycles. The molecule has 0 aliphatic heterocycles. The Morgan fingerprint density at radius 3 is 2.73 bits per heavy atom. The van der Waals surface area contributed by atoms with E-state index in [2.05, 4.69) is 24.1 Å². The number of ether oxygens (including phenoxy) is 1. The van der Waals surface area contributed by atoms with Gasteiger partial charge in [0.1, 0.15) is 17.1 Å². The minimum Gasteiger partial charge on any atom is -0.493 e. The molecule has 0 bridgehead atoms. The lowest BCUT2D eigenvalue weighted by atomic mass is 9.84. The highest BCUT2D eigenvalue weighted by molar-refractivity contribution is 6.30. The summed E-state index contributed by atoms with van der Waals surface area (Å²) in [6.45, 7) is 6.15. The number of pyridine rings is 1. The molecule has 0 unspecified atom stereocenters. The molecule has 0 spiro atoms. The largest absolute Gasteiger partial charge is 0.493 e. The van der Waals surface area contributed by atoms with Crippen molar-refractivity contribution < 1.29 is 23.8 Å². The number of halogens is 2. The Bertz CT molecular complexity index is 1590. The van der Waals surface area contributed by atoms with Gasteiger partial charge in [-0.25, -0.2) is 9.18 Å². The van der Waals surface area contributed by atoms with E-state index in [1.54, 1.807) is 30.3 Å². The highest BCUT2D eigenvalue weighted by Gasteiger charge is 2.39. The quantitative estimate of drug-likeness (QED) is 0.233. The zero-order valence-electron chi connectivity index (χ0n) is 25.6. The summed E-state index contributed by atoms with van der Waals surface area (Å²) in [6.07, 6.45) is 9.06. The molecule has 8 heteroatoms. The van der Waals surface area contributed by atoms with E-state index in [1.807, 2.05) is 18.3 Å². The molecular formula is C36H40ClFN2O4. The fourth-order valence-corrected chi connectivity index (χ4v) is 6.79. The molecule has 0 amide bonds. The second-order valence-electron chi connectivity index (χ2n) is 12.5. The van der Waals surface area contributed by atoms with Crippen molar-refractivity contribution in [3.05, 3.63) is 93.0 Å². The maximum Gasteiger partial charge on any atom is 0.329 e. The van der Waals surface area contributed by atoms with Gasteiger partial charge in [-0.1, -0.05) is 43.2 Å². The molecule has 3 atom stereocenters. The zero-order valence-corrected chi connectivity index (χ0v) is 26.3. The number of carbonyl (C=O) groups is 2. The average molecular weight is 619 g/mol. The number of rotatable bonds is 9. The van der Waals surface area contributed by atoms with E-state index in [0.717, 1.165) is 41.8 Å². The van der Waals surface area contributed by atoms with Gasteiger partial charge in [-0.3, -0.25) is 9.78 Å². The third kappa shape index (κ3) is 7.15. The number of anilines is 1. The van der Waals surface area contributed by atoms with Crippen molar-refractivity contribution in [2.45, 2.75) is 83.6 Å². The maximum atomic E-state index is 15.0. The fraction of sp³-hybridized carbons (Fsp3) is 0.417. The van der Waals surface area contributed by atoms with Crippen LogP contribution in [0.3, 0.4) is 0 Å². The normalized spacial score (nSPS) is 21.8. The third-order valence-corrected chi connectivity index (χ3v) is 9.22. The van der Waals surface area contributed by atoms with Crippen molar-refractivity contribution in [1.29, 1.82) is 0 Å². The van der Waals surface area contributed by atoms with E-state index in [0.29, 0.717) is 54.5 Å². The van der Waals surface area contributed by atoms with Crippen molar-refractivity contribution in [1.82, 2.24) is 4.98 Å². The molecule has 3 aromatic rings. The van der Waals surface area contributed by atoms with Crippen molar-refractivity contribution in [3.8, 4) is 5.75 Å². The Balaban J connectivity index is 1.44. The first-order valence-corrected chi connectivity index (χ1v) is 15.8. The summed E-state index contributed by atoms with van der Waals surface area (Å²) in [7, 11) is 0. The number of nitrogens with zero attached hydrogens (tertiary/aromatic N) is 1. The van der Waals surface area contributed by atoms with Crippen LogP contribution in [0.2, 0.25) is 5.02 Å². The number of aromatic nitrogens is 1. The topological polar surface area (TPSA) is 88.5 Å². The van der Waals surface area contributed by atoms with Gasteiger partial charge in [-0.05, 0) is 118 Å². The summed E-state index contributed by atoms with van der Waals surface area (Å²) in [5.74, 6) is -0.513. The molecule has 2 aliphatic carbocycles. The van der Waals surface area contributed by atoms with Crippen LogP contribution in [0, 0.1) is 11.7 Å². The second kappa shape index (κ2) is 13.5. The molecule has 0 saturated carbocycles. The SMILES string of the molecule is CC(=O)c1cc2c(cc1F)/C=C(/C[C@@H](C)COc1ccnc3c1[C@@H](C)CCC3)CC[C@@](Nc1cccc(Cl)c1)(C(=O)O)CC2. The number of nitrogens with one attached hydrogen (secondary N) is 1. The van der Waals surface area contributed by atoms with Crippen LogP contribution in [0.4, 0.5) is 10.1 Å². The molecule has 0 saturated heterocycles. The van der Waals surface area contributed by atoms with E-state index in [-0.39, 0.29) is 23.7 Å². The Hall–Kier alpha value is -3.71. The predicted octanol–water partition coefficient (Wildman–Crippen LogP) is 8.67. The first kappa shape index (κ1) is 31.7. The number of hydrogen-bond acceptors (Lipinski definition) is 5. The lowest BCUT2D eigenvalue weighted by Crippen LogP contribution is -2.47. The van der Waals surface area contributed by atoms with Gasteiger partial charge >= 0.3 is 5.97 Å². The van der Waals surface area contributed by atoms with E-state index < -0.39 is 17.3 Å². The molecule has 44 heavy (non-hydrogen) atoms. The molecule has 6 nitrogen and oxygen atoms in total. The van der Waals surface area contributed by atoms with Gasteiger partial charge in [-0.15, -0.1) is 0 Å². The van der Waals surface area contributed by atoms with Gasteiger partial charge in [0.2, 0.25) is 0 Å². The number of Topliss-reactive ketones (excluding diaryl/α,β-unsaturated/α-hetero) is 1. The first-order chi connectivity index (χ1) is 21.0. The number of carboxylic acid groups (broad SMARTS) is 1. The lowest BCUT2D eigenvalue weighted by Gasteiger charge is -2.32. The van der Waals surface area contributed by atoms with Crippen molar-refractivity contribution in [2.75, 3.05) is 11.9 Å². The number of aliphatic carboxylic acids is 1. The summed E-state index contributed by atoms with van der Waals surface area (Å²) in [5, 5.41) is 14.4. The van der Waals surface area contributed by atoms with Crippen molar-refractivity contribution in [2.24, 2.45) is 5.92 Å². The summed E-state index contributed by atoms with van der Waals surface area (Å²) < 4.78 is 21.4. The number of aryl methyl sites for hydroxylation is 2. The zero-order chi connectivity index (χ0) is 31.4. The number of fused-ring (bicyclic) bond motifs is 2. The number of hydrogen-bond donors (Lipinski definition) is 2. The van der Waals surface area contributed by atoms with Crippen molar-refractivity contribution >= 4 is 35.1 Å². The number of ketones is 1. The first-order valence-electron chi connectivity index (χ1n) is 15.4. The van der Waals surface area contributed by atoms with Gasteiger partial charge in [0.15, 0.2) is 5.78 Å². The molecule has 232 valence electrons. The van der Waals surface area contributed by atoms with E-state index in [1.165, 1.54) is 18.6 Å². The number of benzene rings is 2. The number of carbonyl (C=O) groups excluding carboxylic acids is 1. The minimum absolute atomic E-state index is 0.0124. The van der Waals surface area contributed by atoms with Crippen LogP contribution in [0.15, 0.2) is 54.2 Å². The van der Waals surface area contributed by atoms with Crippen LogP contribution >= 0.6 is 11.6 Å². The second-order valence-corrected chi connectivity index (χ2v) is 12.9. The Kier molecular flexibility index (Phi) is 9.74. The smallest absolute Gasteiger partial charge is 0.329 e. The monoisotopic (exact) mass is 618 g/mol. The van der Waals surface area contributed by atoms with Crippen LogP contribution < -0.4 is 10.1 Å². The van der Waals surface area contributed by atoms with E-state index >= 15 is 4.39 Å². The summed E-state index contributed by atoms with van der Waals surface area (Å²) in [4.78, 5) is 29.7. The highest BCUT2D eigenvalue weighted by Crippen LogP contribution is 2.38. The standard InChI is InChI=1S/C36H40ClFN2O4/c1-22(21-44-33-12-15-39-32-9-4-6-23(2)34(32)33)16-25-10-13-36(35(42)43,40-29-8-5-7-28(37)20-29)14-11-26-18-30(24(3)41)31(38)19-27(26)17-25/h5,7-8,12,15,17-20,22-23,40H,4,6,9-11,13-14,16,21H2,1-3H3,(H,42,43)/b25-17+/t22-,23+,36+/m1/s1. The van der Waals surface area contributed by atoms with Crippen molar-refractivity contribution in [3.63, 3.8) is 0 Å². The average Bonchev–Trinajstić information content (AvgIpc) is 3.04. The predicted molar refractivity (Wildman–Crippen MR) is 172 cm³/mol. The van der Waals surface area contributed by atoms with Crippen LogP contribution in [0.25, 0.3) is 6.08 Å². The Morgan fingerprint density at radius 2 is 1.98 bits per heavy atom. The van der Waals surface area contributed by atoms with Crippen LogP contribution in [0.1, 0.15) is 98.0 Å². The molecule has 0 fully saturated rings. The van der Waals surface area contributed by atoms with Crippen LogP contribution in [-0.2, 0) is 17.6 Å². The summed E-state index contributed by atoms with van der Waals surface area (Å²) in [6, 6.07) is 12.0. The van der Waals surface area contributed by atoms with E-state index in [9.17, 15) is 14.7 Å². The number of allylic oxidation sites excluding steroid dienone is 1. The summed E-state index contributed by atoms with van der Waals surface area (Å²) >= 11 is 6.22. The molecule has 2 aliphatic rings. The molecule has 2 N–H and O–H groups in total. The molecule has 0 radical (unpaired) electrons. The highest BCUT2D eigenvalue weighted by atomic mass is 35.5. The molecule has 2 aromatic carbocycles. The molecule has 1 heterocycles. The van der Waals surface area contributed by atoms with Gasteiger partial charge in [-0.2, -0.15) is 0 Å². The van der Waals surface area contributed by atoms with Gasteiger partial charge in [0.25, 0.3) is 0 Å². The van der Waals surface area contributed by atoms with E-state index in [4.69, 9.17) is 16.3 Å². The number of carboxylic acids is 1. The van der Waals surface area contributed by atoms with Gasteiger partial charge < -0.3 is 15.2 Å². The van der Waals surface area contributed by atoms with Gasteiger partial charge in [0, 0.05) is 28.2 Å². The van der Waals surface area contributed by atoms with Gasteiger partial charge in [0.05, 0.1) is 12.2 Å². The van der Waals surface area contributed by atoms with Crippen LogP contribution in [0.5, 0.6) is 5.75 Å². The molecule has 5 rings (SSSR count). The minimum atomic E-state index is -1.30. The fourth-order valence-electron chi connectivity index (χ4n) is 6.60. The Labute approximate surface area is 263 Å². The lowest BCUT2D eigenvalue weighted by molar-refractivity contribution is -0.142. The third-order valence-electron chi connectivity index (χ3n) is 8.99.